The molecule has 4 aromatic rings. The normalized spacial score (nSPS) is 18.6. The summed E-state index contributed by atoms with van der Waals surface area (Å²) in [6.45, 7) is 0. The third-order valence-electron chi connectivity index (χ3n) is 7.48. The molecule has 6 heteroatoms. The maximum Gasteiger partial charge on any atom is 0.232 e. The van der Waals surface area contributed by atoms with E-state index < -0.39 is 6.04 Å². The van der Waals surface area contributed by atoms with Crippen molar-refractivity contribution in [3.8, 4) is 0 Å². The van der Waals surface area contributed by atoms with Crippen molar-refractivity contribution in [2.45, 2.75) is 31.2 Å². The van der Waals surface area contributed by atoms with E-state index >= 15 is 0 Å². The minimum atomic E-state index is -0.702. The monoisotopic (exact) mass is 536 g/mol. The van der Waals surface area contributed by atoms with Gasteiger partial charge in [0.15, 0.2) is 5.78 Å². The second-order valence-electron chi connectivity index (χ2n) is 9.99. The van der Waals surface area contributed by atoms with Gasteiger partial charge in [-0.05, 0) is 65.4 Å². The summed E-state index contributed by atoms with van der Waals surface area (Å²) in [5.41, 5.74) is 5.35. The van der Waals surface area contributed by atoms with Crippen LogP contribution in [-0.2, 0) is 16.0 Å². The number of benzene rings is 4. The topological polar surface area (TPSA) is 49.4 Å². The predicted molar refractivity (Wildman–Crippen MR) is 152 cm³/mol. The van der Waals surface area contributed by atoms with Crippen molar-refractivity contribution in [1.29, 1.82) is 0 Å². The van der Waals surface area contributed by atoms with Crippen molar-refractivity contribution in [1.82, 2.24) is 0 Å². The maximum absolute atomic E-state index is 14.1. The molecule has 0 aromatic heterocycles. The summed E-state index contributed by atoms with van der Waals surface area (Å²) < 4.78 is 14.0. The molecule has 0 unspecified atom stereocenters. The summed E-state index contributed by atoms with van der Waals surface area (Å²) in [7, 11) is 0. The van der Waals surface area contributed by atoms with Gasteiger partial charge in [0.05, 0.1) is 23.8 Å². The Labute approximate surface area is 231 Å². The lowest BCUT2D eigenvalue weighted by Gasteiger charge is -2.35. The largest absolute Gasteiger partial charge is 0.357 e. The van der Waals surface area contributed by atoms with Crippen LogP contribution in [0.3, 0.4) is 0 Å². The van der Waals surface area contributed by atoms with E-state index in [-0.39, 0.29) is 29.8 Å². The molecule has 4 nitrogen and oxygen atoms in total. The number of halogens is 2. The first kappa shape index (κ1) is 25.1. The number of carbonyl (C=O) groups excluding carboxylic acids is 2. The number of nitrogens with zero attached hydrogens (tertiary/aromatic N) is 1. The molecule has 2 aliphatic rings. The van der Waals surface area contributed by atoms with Gasteiger partial charge in [0.1, 0.15) is 5.82 Å². The number of rotatable bonds is 4. The molecule has 39 heavy (non-hydrogen) atoms. The highest BCUT2D eigenvalue weighted by Gasteiger charge is 2.41. The quantitative estimate of drug-likeness (QED) is 0.292. The molecular formula is C33H26ClFN2O2. The molecular weight excluding hydrogens is 511 g/mol. The molecule has 0 spiro atoms. The number of hydrogen-bond donors (Lipinski definition) is 1. The van der Waals surface area contributed by atoms with Gasteiger partial charge in [-0.2, -0.15) is 0 Å². The molecule has 1 aliphatic carbocycles. The summed E-state index contributed by atoms with van der Waals surface area (Å²) in [6, 6.07) is 30.1. The molecule has 1 aliphatic heterocycles. The van der Waals surface area contributed by atoms with Gasteiger partial charge in [-0.15, -0.1) is 0 Å². The summed E-state index contributed by atoms with van der Waals surface area (Å²) in [4.78, 5) is 29.8. The van der Waals surface area contributed by atoms with Crippen LogP contribution in [0.15, 0.2) is 114 Å². The van der Waals surface area contributed by atoms with Crippen LogP contribution in [-0.4, -0.2) is 11.7 Å². The van der Waals surface area contributed by atoms with Gasteiger partial charge in [-0.3, -0.25) is 14.5 Å². The summed E-state index contributed by atoms with van der Waals surface area (Å²) in [5, 5.41) is 4.17. The summed E-state index contributed by atoms with van der Waals surface area (Å²) >= 11 is 6.12. The van der Waals surface area contributed by atoms with Gasteiger partial charge in [0.2, 0.25) is 5.91 Å². The van der Waals surface area contributed by atoms with Crippen molar-refractivity contribution in [3.63, 3.8) is 0 Å². The predicted octanol–water partition coefficient (Wildman–Crippen LogP) is 7.62. The molecule has 2 atom stereocenters. The Morgan fingerprint density at radius 2 is 1.51 bits per heavy atom. The van der Waals surface area contributed by atoms with Crippen LogP contribution in [0.4, 0.5) is 15.8 Å². The third kappa shape index (κ3) is 4.98. The average molecular weight is 537 g/mol. The lowest BCUT2D eigenvalue weighted by Crippen LogP contribution is -2.39. The zero-order valence-corrected chi connectivity index (χ0v) is 21.9. The van der Waals surface area contributed by atoms with Crippen LogP contribution >= 0.6 is 11.6 Å². The van der Waals surface area contributed by atoms with E-state index in [1.54, 1.807) is 17.0 Å². The van der Waals surface area contributed by atoms with Gasteiger partial charge in [-0.25, -0.2) is 4.39 Å². The number of para-hydroxylation sites is 2. The second-order valence-corrected chi connectivity index (χ2v) is 10.4. The van der Waals surface area contributed by atoms with Gasteiger partial charge < -0.3 is 5.32 Å². The smallest absolute Gasteiger partial charge is 0.232 e. The van der Waals surface area contributed by atoms with Crippen molar-refractivity contribution in [2.24, 2.45) is 0 Å². The van der Waals surface area contributed by atoms with E-state index in [0.717, 1.165) is 22.5 Å². The zero-order chi connectivity index (χ0) is 26.9. The molecule has 6 rings (SSSR count). The SMILES string of the molecule is O=C1C[C@H](c2ccc(Cl)cc2)CC2=C1[C@H](c1ccc(F)cc1)N(C(=O)Cc1ccccc1)c1ccccc1N2. The molecule has 0 radical (unpaired) electrons. The third-order valence-corrected chi connectivity index (χ3v) is 7.73. The Morgan fingerprint density at radius 3 is 2.26 bits per heavy atom. The highest BCUT2D eigenvalue weighted by atomic mass is 35.5. The maximum atomic E-state index is 14.1. The Morgan fingerprint density at radius 1 is 0.846 bits per heavy atom. The number of Topliss-reactive ketones (excluding diaryl/α,β-unsaturated/α-hetero) is 1. The molecule has 0 bridgehead atoms. The minimum Gasteiger partial charge on any atom is -0.357 e. The van der Waals surface area contributed by atoms with Crippen molar-refractivity contribution in [3.05, 3.63) is 142 Å². The molecule has 0 saturated carbocycles. The Kier molecular flexibility index (Phi) is 6.76. The summed E-state index contributed by atoms with van der Waals surface area (Å²) in [5.74, 6) is -0.594. The number of ketones is 1. The van der Waals surface area contributed by atoms with Gasteiger partial charge in [-0.1, -0.05) is 78.3 Å². The van der Waals surface area contributed by atoms with Gasteiger partial charge in [0.25, 0.3) is 0 Å². The molecule has 194 valence electrons. The first-order valence-corrected chi connectivity index (χ1v) is 13.3. The molecule has 0 saturated heterocycles. The number of anilines is 2. The Bertz CT molecular complexity index is 1570. The molecule has 1 N–H and O–H groups in total. The Hall–Kier alpha value is -4.22. The number of amides is 1. The number of fused-ring (bicyclic) bond motifs is 1. The van der Waals surface area contributed by atoms with Crippen LogP contribution in [0.1, 0.15) is 41.5 Å². The van der Waals surface area contributed by atoms with E-state index in [1.807, 2.05) is 78.9 Å². The van der Waals surface area contributed by atoms with E-state index in [9.17, 15) is 14.0 Å². The van der Waals surface area contributed by atoms with E-state index in [0.29, 0.717) is 34.7 Å². The Balaban J connectivity index is 1.51. The molecule has 0 fully saturated rings. The van der Waals surface area contributed by atoms with Crippen LogP contribution in [0, 0.1) is 5.82 Å². The number of hydrogen-bond acceptors (Lipinski definition) is 3. The minimum absolute atomic E-state index is 0.0337. The fraction of sp³-hybridized carbons (Fsp3) is 0.152. The fourth-order valence-electron chi connectivity index (χ4n) is 5.65. The zero-order valence-electron chi connectivity index (χ0n) is 21.1. The second kappa shape index (κ2) is 10.5. The van der Waals surface area contributed by atoms with Crippen LogP contribution in [0.5, 0.6) is 0 Å². The standard InChI is InChI=1S/C33H26ClFN2O2/c34-25-14-10-22(11-15-25)24-19-28-32(30(38)20-24)33(23-12-16-26(35)17-13-23)37(29-9-5-4-8-27(29)36-28)31(39)18-21-6-2-1-3-7-21/h1-17,24,33,36H,18-20H2/t24-,33+/m1/s1. The lowest BCUT2D eigenvalue weighted by atomic mass is 9.78. The number of allylic oxidation sites excluding steroid dienone is 1. The molecule has 1 amide bonds. The first-order chi connectivity index (χ1) is 19.0. The molecule has 1 heterocycles. The van der Waals surface area contributed by atoms with Crippen LogP contribution in [0.25, 0.3) is 0 Å². The molecule has 4 aromatic carbocycles. The fourth-order valence-corrected chi connectivity index (χ4v) is 5.78. The van der Waals surface area contributed by atoms with Gasteiger partial charge >= 0.3 is 0 Å². The number of carbonyl (C=O) groups is 2. The van der Waals surface area contributed by atoms with Crippen molar-refractivity contribution in [2.75, 3.05) is 10.2 Å². The van der Waals surface area contributed by atoms with E-state index in [1.165, 1.54) is 12.1 Å². The van der Waals surface area contributed by atoms with Gasteiger partial charge in [0, 0.05) is 22.7 Å². The highest BCUT2D eigenvalue weighted by molar-refractivity contribution is 6.30. The van der Waals surface area contributed by atoms with Crippen LogP contribution in [0.2, 0.25) is 5.02 Å². The first-order valence-electron chi connectivity index (χ1n) is 13.0. The summed E-state index contributed by atoms with van der Waals surface area (Å²) in [6.07, 6.45) is 1.06. The van der Waals surface area contributed by atoms with Crippen molar-refractivity contribution >= 4 is 34.7 Å². The number of nitrogens with one attached hydrogen (secondary N) is 1. The average Bonchev–Trinajstić information content (AvgIpc) is 3.09. The van der Waals surface area contributed by atoms with E-state index in [2.05, 4.69) is 5.32 Å². The highest BCUT2D eigenvalue weighted by Crippen LogP contribution is 2.47. The van der Waals surface area contributed by atoms with Crippen molar-refractivity contribution < 1.29 is 14.0 Å². The van der Waals surface area contributed by atoms with Crippen LogP contribution < -0.4 is 10.2 Å². The lowest BCUT2D eigenvalue weighted by molar-refractivity contribution is -0.118. The van der Waals surface area contributed by atoms with E-state index in [4.69, 9.17) is 11.6 Å².